The van der Waals surface area contributed by atoms with Crippen molar-refractivity contribution < 1.29 is 18.7 Å². The van der Waals surface area contributed by atoms with Gasteiger partial charge in [0, 0.05) is 12.1 Å². The number of rotatable bonds is 6. The summed E-state index contributed by atoms with van der Waals surface area (Å²) in [6.07, 6.45) is -0.471. The van der Waals surface area contributed by atoms with Crippen LogP contribution in [0.3, 0.4) is 0 Å². The lowest BCUT2D eigenvalue weighted by Crippen LogP contribution is -2.30. The highest BCUT2D eigenvalue weighted by atomic mass is 16.5. The highest BCUT2D eigenvalue weighted by Gasteiger charge is 2.18. The van der Waals surface area contributed by atoms with Crippen molar-refractivity contribution in [2.45, 2.75) is 32.8 Å². The zero-order valence-electron chi connectivity index (χ0n) is 14.7. The van der Waals surface area contributed by atoms with Crippen LogP contribution in [0.4, 0.5) is 5.69 Å². The molecule has 3 aromatic rings. The maximum absolute atomic E-state index is 12.1. The first kappa shape index (κ1) is 17.7. The Morgan fingerprint density at radius 3 is 2.62 bits per heavy atom. The number of carbonyl (C=O) groups is 2. The molecule has 6 nitrogen and oxygen atoms in total. The lowest BCUT2D eigenvalue weighted by atomic mass is 10.2. The molecule has 0 fully saturated rings. The Labute approximate surface area is 151 Å². The van der Waals surface area contributed by atoms with Gasteiger partial charge in [-0.1, -0.05) is 29.8 Å². The molecule has 1 N–H and O–H groups in total. The summed E-state index contributed by atoms with van der Waals surface area (Å²) in [6, 6.07) is 14.8. The fraction of sp³-hybridized carbons (Fsp3) is 0.250. The summed E-state index contributed by atoms with van der Waals surface area (Å²) in [4.78, 5) is 28.4. The van der Waals surface area contributed by atoms with Gasteiger partial charge in [-0.3, -0.25) is 9.59 Å². The van der Waals surface area contributed by atoms with E-state index >= 15 is 0 Å². The number of anilines is 1. The molecule has 0 saturated carbocycles. The van der Waals surface area contributed by atoms with Gasteiger partial charge >= 0.3 is 5.97 Å². The van der Waals surface area contributed by atoms with Crippen molar-refractivity contribution in [2.24, 2.45) is 0 Å². The molecule has 0 unspecified atom stereocenters. The lowest BCUT2D eigenvalue weighted by Gasteiger charge is -2.13. The van der Waals surface area contributed by atoms with E-state index in [9.17, 15) is 9.59 Å². The van der Waals surface area contributed by atoms with E-state index in [2.05, 4.69) is 10.3 Å². The van der Waals surface area contributed by atoms with E-state index in [1.165, 1.54) is 0 Å². The second-order valence-electron chi connectivity index (χ2n) is 6.06. The van der Waals surface area contributed by atoms with Crippen LogP contribution in [0.25, 0.3) is 11.1 Å². The number of esters is 1. The van der Waals surface area contributed by atoms with Crippen LogP contribution in [0, 0.1) is 6.92 Å². The number of benzene rings is 2. The molecular weight excluding hydrogens is 332 g/mol. The Kier molecular flexibility index (Phi) is 5.31. The minimum absolute atomic E-state index is 0.0922. The van der Waals surface area contributed by atoms with Crippen LogP contribution in [0.2, 0.25) is 0 Å². The molecular formula is C20H20N2O4. The van der Waals surface area contributed by atoms with Gasteiger partial charge in [0.25, 0.3) is 5.91 Å². The summed E-state index contributed by atoms with van der Waals surface area (Å²) in [5.41, 5.74) is 3.19. The molecule has 0 spiro atoms. The Morgan fingerprint density at radius 2 is 1.88 bits per heavy atom. The quantitative estimate of drug-likeness (QED) is 0.685. The predicted octanol–water partition coefficient (Wildman–Crippen LogP) is 3.64. The molecule has 0 bridgehead atoms. The number of para-hydroxylation sites is 2. The summed E-state index contributed by atoms with van der Waals surface area (Å²) in [7, 11) is 0. The first-order valence-corrected chi connectivity index (χ1v) is 8.43. The van der Waals surface area contributed by atoms with Crippen molar-refractivity contribution in [3.05, 3.63) is 60.0 Å². The van der Waals surface area contributed by atoms with E-state index in [-0.39, 0.29) is 12.3 Å². The normalized spacial score (nSPS) is 11.9. The van der Waals surface area contributed by atoms with E-state index < -0.39 is 12.1 Å². The second-order valence-corrected chi connectivity index (χ2v) is 6.06. The van der Waals surface area contributed by atoms with Crippen molar-refractivity contribution in [3.63, 3.8) is 0 Å². The van der Waals surface area contributed by atoms with Crippen molar-refractivity contribution in [1.29, 1.82) is 0 Å². The minimum atomic E-state index is -0.882. The molecule has 3 rings (SSSR count). The fourth-order valence-corrected chi connectivity index (χ4v) is 2.43. The van der Waals surface area contributed by atoms with Gasteiger partial charge in [-0.15, -0.1) is 0 Å². The maximum atomic E-state index is 12.1. The number of fused-ring (bicyclic) bond motifs is 1. The maximum Gasteiger partial charge on any atom is 0.307 e. The van der Waals surface area contributed by atoms with Crippen molar-refractivity contribution >= 4 is 28.7 Å². The number of amides is 1. The third kappa shape index (κ3) is 4.47. The SMILES string of the molecule is Cc1ccc(NC(=O)[C@H](C)OC(=O)CCc2nc3ccccc3o2)cc1. The van der Waals surface area contributed by atoms with Gasteiger partial charge in [-0.2, -0.15) is 0 Å². The Hall–Kier alpha value is -3.15. The summed E-state index contributed by atoms with van der Waals surface area (Å²) in [6.45, 7) is 3.51. The molecule has 0 saturated heterocycles. The van der Waals surface area contributed by atoms with Gasteiger partial charge in [0.1, 0.15) is 5.52 Å². The molecule has 0 aliphatic heterocycles. The van der Waals surface area contributed by atoms with Gasteiger partial charge in [0.05, 0.1) is 6.42 Å². The molecule has 1 amide bonds. The molecule has 6 heteroatoms. The van der Waals surface area contributed by atoms with Crippen LogP contribution in [-0.2, 0) is 20.7 Å². The Morgan fingerprint density at radius 1 is 1.15 bits per heavy atom. The average Bonchev–Trinajstić information content (AvgIpc) is 3.05. The van der Waals surface area contributed by atoms with Crippen LogP contribution in [0.1, 0.15) is 24.8 Å². The zero-order chi connectivity index (χ0) is 18.5. The topological polar surface area (TPSA) is 81.4 Å². The molecule has 0 aliphatic rings. The Bertz CT molecular complexity index is 882. The number of nitrogens with zero attached hydrogens (tertiary/aromatic N) is 1. The number of carbonyl (C=O) groups excluding carboxylic acids is 2. The van der Waals surface area contributed by atoms with E-state index in [0.29, 0.717) is 23.6 Å². The largest absolute Gasteiger partial charge is 0.453 e. The summed E-state index contributed by atoms with van der Waals surface area (Å²) >= 11 is 0. The number of ether oxygens (including phenoxy) is 1. The summed E-state index contributed by atoms with van der Waals surface area (Å²) in [5.74, 6) is -0.372. The third-order valence-corrected chi connectivity index (χ3v) is 3.88. The standard InChI is InChI=1S/C20H20N2O4/c1-13-7-9-15(10-8-13)21-20(24)14(2)25-19(23)12-11-18-22-16-5-3-4-6-17(16)26-18/h3-10,14H,11-12H2,1-2H3,(H,21,24)/t14-/m0/s1. The molecule has 0 radical (unpaired) electrons. The number of nitrogens with one attached hydrogen (secondary N) is 1. The van der Waals surface area contributed by atoms with Gasteiger partial charge < -0.3 is 14.5 Å². The second kappa shape index (κ2) is 7.82. The van der Waals surface area contributed by atoms with Crippen LogP contribution in [0.15, 0.2) is 52.9 Å². The molecule has 134 valence electrons. The van der Waals surface area contributed by atoms with Crippen LogP contribution in [-0.4, -0.2) is 23.0 Å². The molecule has 1 aromatic heterocycles. The number of hydrogen-bond acceptors (Lipinski definition) is 5. The van der Waals surface area contributed by atoms with Crippen LogP contribution >= 0.6 is 0 Å². The predicted molar refractivity (Wildman–Crippen MR) is 97.7 cm³/mol. The number of oxazole rings is 1. The van der Waals surface area contributed by atoms with Crippen LogP contribution < -0.4 is 5.32 Å². The van der Waals surface area contributed by atoms with Gasteiger partial charge in [0.2, 0.25) is 0 Å². The van der Waals surface area contributed by atoms with Gasteiger partial charge in [0.15, 0.2) is 17.6 Å². The van der Waals surface area contributed by atoms with E-state index in [4.69, 9.17) is 9.15 Å². The Balaban J connectivity index is 1.48. The number of aryl methyl sites for hydroxylation is 2. The first-order chi connectivity index (χ1) is 12.5. The summed E-state index contributed by atoms with van der Waals surface area (Å²) < 4.78 is 10.7. The third-order valence-electron chi connectivity index (χ3n) is 3.88. The average molecular weight is 352 g/mol. The highest BCUT2D eigenvalue weighted by Crippen LogP contribution is 2.16. The van der Waals surface area contributed by atoms with Gasteiger partial charge in [-0.05, 0) is 38.1 Å². The molecule has 0 aliphatic carbocycles. The van der Waals surface area contributed by atoms with E-state index in [1.807, 2.05) is 43.3 Å². The molecule has 1 heterocycles. The molecule has 26 heavy (non-hydrogen) atoms. The number of hydrogen-bond donors (Lipinski definition) is 1. The number of aromatic nitrogens is 1. The molecule has 2 aromatic carbocycles. The first-order valence-electron chi connectivity index (χ1n) is 8.43. The fourth-order valence-electron chi connectivity index (χ4n) is 2.43. The van der Waals surface area contributed by atoms with Crippen molar-refractivity contribution in [3.8, 4) is 0 Å². The minimum Gasteiger partial charge on any atom is -0.453 e. The zero-order valence-corrected chi connectivity index (χ0v) is 14.7. The highest BCUT2D eigenvalue weighted by molar-refractivity contribution is 5.95. The van der Waals surface area contributed by atoms with Crippen molar-refractivity contribution in [1.82, 2.24) is 4.98 Å². The molecule has 1 atom stereocenters. The lowest BCUT2D eigenvalue weighted by molar-refractivity contribution is -0.153. The van der Waals surface area contributed by atoms with E-state index in [0.717, 1.165) is 11.1 Å². The van der Waals surface area contributed by atoms with Gasteiger partial charge in [-0.25, -0.2) is 4.98 Å². The summed E-state index contributed by atoms with van der Waals surface area (Å²) in [5, 5.41) is 2.72. The van der Waals surface area contributed by atoms with E-state index in [1.54, 1.807) is 19.1 Å². The van der Waals surface area contributed by atoms with Crippen molar-refractivity contribution in [2.75, 3.05) is 5.32 Å². The monoisotopic (exact) mass is 352 g/mol. The smallest absolute Gasteiger partial charge is 0.307 e. The van der Waals surface area contributed by atoms with Crippen LogP contribution in [0.5, 0.6) is 0 Å².